The molecular weight excluding hydrogens is 344 g/mol. The molecule has 1 unspecified atom stereocenters. The molecule has 1 atom stereocenters. The van der Waals surface area contributed by atoms with Crippen molar-refractivity contribution in [3.63, 3.8) is 0 Å². The van der Waals surface area contributed by atoms with Crippen LogP contribution in [-0.4, -0.2) is 30.7 Å². The lowest BCUT2D eigenvalue weighted by molar-refractivity contribution is 0.0963. The van der Waals surface area contributed by atoms with E-state index in [0.717, 1.165) is 5.56 Å². The highest BCUT2D eigenvalue weighted by molar-refractivity contribution is 6.04. The Labute approximate surface area is 159 Å². The monoisotopic (exact) mass is 368 g/mol. The first kappa shape index (κ1) is 18.8. The second-order valence-electron chi connectivity index (χ2n) is 7.11. The summed E-state index contributed by atoms with van der Waals surface area (Å²) >= 11 is 0. The fraction of sp³-hybridized carbons (Fsp3) is 0.318. The van der Waals surface area contributed by atoms with Crippen LogP contribution in [0.2, 0.25) is 0 Å². The second kappa shape index (κ2) is 6.99. The Bertz CT molecular complexity index is 911. The van der Waals surface area contributed by atoms with Gasteiger partial charge in [0.05, 0.1) is 25.3 Å². The van der Waals surface area contributed by atoms with E-state index >= 15 is 0 Å². The second-order valence-corrected chi connectivity index (χ2v) is 7.11. The highest BCUT2D eigenvalue weighted by Gasteiger charge is 2.28. The fourth-order valence-corrected chi connectivity index (χ4v) is 3.15. The molecule has 0 amide bonds. The molecule has 0 radical (unpaired) electrons. The van der Waals surface area contributed by atoms with Gasteiger partial charge in [0.1, 0.15) is 17.1 Å². The van der Waals surface area contributed by atoms with Gasteiger partial charge in [0.15, 0.2) is 17.3 Å². The third-order valence-corrected chi connectivity index (χ3v) is 4.77. The number of aromatic hydroxyl groups is 1. The zero-order valence-electron chi connectivity index (χ0n) is 16.2. The van der Waals surface area contributed by atoms with Gasteiger partial charge < -0.3 is 19.3 Å². The molecule has 0 bridgehead atoms. The molecule has 27 heavy (non-hydrogen) atoms. The largest absolute Gasteiger partial charge is 0.506 e. The number of carbonyl (C=O) groups is 1. The topological polar surface area (TPSA) is 65.0 Å². The molecule has 5 nitrogen and oxygen atoms in total. The molecule has 5 heteroatoms. The average Bonchev–Trinajstić information content (AvgIpc) is 2.65. The summed E-state index contributed by atoms with van der Waals surface area (Å²) in [6.45, 7) is 5.67. The van der Waals surface area contributed by atoms with Crippen LogP contribution >= 0.6 is 0 Å². The minimum Gasteiger partial charge on any atom is -0.506 e. The number of phenolic OH excluding ortho intramolecular Hbond substituents is 1. The summed E-state index contributed by atoms with van der Waals surface area (Å²) < 4.78 is 16.4. The van der Waals surface area contributed by atoms with Crippen molar-refractivity contribution in [1.29, 1.82) is 0 Å². The Morgan fingerprint density at radius 2 is 1.81 bits per heavy atom. The van der Waals surface area contributed by atoms with E-state index in [1.807, 2.05) is 26.0 Å². The minimum absolute atomic E-state index is 0.0587. The Morgan fingerprint density at radius 3 is 2.48 bits per heavy atom. The van der Waals surface area contributed by atoms with E-state index in [4.69, 9.17) is 14.2 Å². The molecule has 1 N–H and O–H groups in total. The maximum absolute atomic E-state index is 13.0. The van der Waals surface area contributed by atoms with Crippen molar-refractivity contribution in [2.75, 3.05) is 14.2 Å². The van der Waals surface area contributed by atoms with Crippen LogP contribution in [-0.2, 0) is 0 Å². The number of hydrogen-bond acceptors (Lipinski definition) is 5. The van der Waals surface area contributed by atoms with E-state index < -0.39 is 11.5 Å². The SMILES string of the molecule is COc1ccc(C(C)C(=O)c2ccc3c(c2O)C=CC(C)(C)O3)cc1OC. The van der Waals surface area contributed by atoms with Crippen LogP contribution in [0.4, 0.5) is 0 Å². The number of carbonyl (C=O) groups excluding carboxylic acids is 1. The summed E-state index contributed by atoms with van der Waals surface area (Å²) in [5, 5.41) is 10.7. The van der Waals surface area contributed by atoms with Crippen LogP contribution in [0.25, 0.3) is 6.08 Å². The van der Waals surface area contributed by atoms with Gasteiger partial charge in [-0.05, 0) is 55.8 Å². The Morgan fingerprint density at radius 1 is 1.11 bits per heavy atom. The highest BCUT2D eigenvalue weighted by atomic mass is 16.5. The molecule has 2 aromatic rings. The van der Waals surface area contributed by atoms with Crippen LogP contribution in [0, 0.1) is 0 Å². The van der Waals surface area contributed by atoms with Gasteiger partial charge in [0.2, 0.25) is 0 Å². The van der Waals surface area contributed by atoms with Gasteiger partial charge in [-0.2, -0.15) is 0 Å². The minimum atomic E-state index is -0.460. The van der Waals surface area contributed by atoms with E-state index in [2.05, 4.69) is 0 Å². The molecule has 142 valence electrons. The fourth-order valence-electron chi connectivity index (χ4n) is 3.15. The van der Waals surface area contributed by atoms with E-state index in [-0.39, 0.29) is 17.1 Å². The third-order valence-electron chi connectivity index (χ3n) is 4.77. The summed E-state index contributed by atoms with van der Waals surface area (Å²) in [7, 11) is 3.12. The van der Waals surface area contributed by atoms with Crippen LogP contribution in [0.5, 0.6) is 23.0 Å². The normalized spacial score (nSPS) is 15.4. The first-order valence-electron chi connectivity index (χ1n) is 8.77. The standard InChI is InChI=1S/C22H24O5/c1-13(14-6-8-18(25-4)19(12-14)26-5)20(23)16-7-9-17-15(21(16)24)10-11-22(2,3)27-17/h6-13,24H,1-5H3. The average molecular weight is 368 g/mol. The van der Waals surface area contributed by atoms with Crippen molar-refractivity contribution in [2.24, 2.45) is 0 Å². The lowest BCUT2D eigenvalue weighted by atomic mass is 9.90. The van der Waals surface area contributed by atoms with Crippen molar-refractivity contribution < 1.29 is 24.1 Å². The zero-order chi connectivity index (χ0) is 19.8. The van der Waals surface area contributed by atoms with Crippen molar-refractivity contribution in [2.45, 2.75) is 32.3 Å². The van der Waals surface area contributed by atoms with Crippen LogP contribution in [0.1, 0.15) is 48.2 Å². The van der Waals surface area contributed by atoms with Gasteiger partial charge in [-0.25, -0.2) is 0 Å². The van der Waals surface area contributed by atoms with Gasteiger partial charge in [-0.1, -0.05) is 13.0 Å². The number of ketones is 1. The number of hydrogen-bond donors (Lipinski definition) is 1. The molecule has 3 rings (SSSR count). The van der Waals surface area contributed by atoms with Crippen LogP contribution < -0.4 is 14.2 Å². The Balaban J connectivity index is 1.95. The van der Waals surface area contributed by atoms with E-state index in [1.54, 1.807) is 51.5 Å². The van der Waals surface area contributed by atoms with Gasteiger partial charge in [-0.3, -0.25) is 4.79 Å². The first-order valence-corrected chi connectivity index (χ1v) is 8.77. The third kappa shape index (κ3) is 3.50. The number of fused-ring (bicyclic) bond motifs is 1. The maximum atomic E-state index is 13.0. The number of benzene rings is 2. The number of rotatable bonds is 5. The molecule has 1 heterocycles. The molecule has 1 aliphatic rings. The quantitative estimate of drug-likeness (QED) is 0.783. The van der Waals surface area contributed by atoms with Crippen molar-refractivity contribution in [3.05, 3.63) is 53.1 Å². The maximum Gasteiger partial charge on any atom is 0.173 e. The van der Waals surface area contributed by atoms with E-state index in [1.165, 1.54) is 0 Å². The molecule has 0 saturated carbocycles. The first-order chi connectivity index (χ1) is 12.8. The van der Waals surface area contributed by atoms with E-state index in [0.29, 0.717) is 22.8 Å². The van der Waals surface area contributed by atoms with E-state index in [9.17, 15) is 9.90 Å². The lowest BCUT2D eigenvalue weighted by Gasteiger charge is -2.28. The van der Waals surface area contributed by atoms with Crippen molar-refractivity contribution in [1.82, 2.24) is 0 Å². The lowest BCUT2D eigenvalue weighted by Crippen LogP contribution is -2.27. The molecule has 0 saturated heterocycles. The number of phenols is 1. The number of methoxy groups -OCH3 is 2. The van der Waals surface area contributed by atoms with Gasteiger partial charge in [0.25, 0.3) is 0 Å². The number of Topliss-reactive ketones (excluding diaryl/α,β-unsaturated/α-hetero) is 1. The molecule has 0 aromatic heterocycles. The predicted octanol–water partition coefficient (Wildman–Crippen LogP) is 4.58. The molecule has 2 aromatic carbocycles. The molecule has 0 aliphatic carbocycles. The summed E-state index contributed by atoms with van der Waals surface area (Å²) in [6, 6.07) is 8.72. The van der Waals surface area contributed by atoms with Gasteiger partial charge in [0, 0.05) is 5.92 Å². The molecule has 0 spiro atoms. The Kier molecular flexibility index (Phi) is 4.87. The summed E-state index contributed by atoms with van der Waals surface area (Å²) in [5.74, 6) is 1.02. The van der Waals surface area contributed by atoms with Crippen LogP contribution in [0.15, 0.2) is 36.4 Å². The van der Waals surface area contributed by atoms with Crippen molar-refractivity contribution in [3.8, 4) is 23.0 Å². The Hall–Kier alpha value is -2.95. The molecular formula is C22H24O5. The summed E-state index contributed by atoms with van der Waals surface area (Å²) in [5.41, 5.74) is 1.13. The summed E-state index contributed by atoms with van der Waals surface area (Å²) in [4.78, 5) is 13.0. The van der Waals surface area contributed by atoms with Gasteiger partial charge in [-0.15, -0.1) is 0 Å². The highest BCUT2D eigenvalue weighted by Crippen LogP contribution is 2.40. The number of ether oxygens (including phenoxy) is 3. The molecule has 0 fully saturated rings. The molecule has 1 aliphatic heterocycles. The smallest absolute Gasteiger partial charge is 0.173 e. The van der Waals surface area contributed by atoms with Crippen LogP contribution in [0.3, 0.4) is 0 Å². The van der Waals surface area contributed by atoms with Crippen molar-refractivity contribution >= 4 is 11.9 Å². The zero-order valence-corrected chi connectivity index (χ0v) is 16.2. The summed E-state index contributed by atoms with van der Waals surface area (Å²) in [6.07, 6.45) is 3.66. The predicted molar refractivity (Wildman–Crippen MR) is 104 cm³/mol. The van der Waals surface area contributed by atoms with Gasteiger partial charge >= 0.3 is 0 Å².